The van der Waals surface area contributed by atoms with E-state index in [-0.39, 0.29) is 29.1 Å². The Kier molecular flexibility index (Phi) is 5.13. The van der Waals surface area contributed by atoms with Gasteiger partial charge in [0.2, 0.25) is 5.91 Å². The van der Waals surface area contributed by atoms with Gasteiger partial charge in [-0.3, -0.25) is 9.59 Å². The molecule has 2 rings (SSSR count). The van der Waals surface area contributed by atoms with Gasteiger partial charge in [0, 0.05) is 31.1 Å². The van der Waals surface area contributed by atoms with Crippen molar-refractivity contribution in [3.8, 4) is 0 Å². The number of benzene rings is 1. The summed E-state index contributed by atoms with van der Waals surface area (Å²) in [5.41, 5.74) is 1.75. The van der Waals surface area contributed by atoms with E-state index in [1.807, 2.05) is 13.8 Å². The van der Waals surface area contributed by atoms with Gasteiger partial charge in [0.25, 0.3) is 0 Å². The van der Waals surface area contributed by atoms with Crippen LogP contribution in [0.3, 0.4) is 0 Å². The number of aryl methyl sites for hydroxylation is 1. The molecule has 0 N–H and O–H groups in total. The number of rotatable bonds is 5. The second-order valence-electron chi connectivity index (χ2n) is 5.28. The highest BCUT2D eigenvalue weighted by atomic mass is 32.1. The van der Waals surface area contributed by atoms with Crippen LogP contribution in [0.25, 0.3) is 0 Å². The van der Waals surface area contributed by atoms with Crippen molar-refractivity contribution in [2.75, 3.05) is 7.05 Å². The fraction of sp³-hybridized carbons (Fsp3) is 0.375. The van der Waals surface area contributed by atoms with Crippen LogP contribution >= 0.6 is 11.3 Å². The minimum Gasteiger partial charge on any atom is -0.339 e. The first-order valence-corrected chi connectivity index (χ1v) is 7.94. The molecule has 1 heterocycles. The second kappa shape index (κ2) is 6.87. The number of carbonyl (C=O) groups is 1. The Bertz CT molecular complexity index is 706. The number of carbonyl (C=O) groups excluding carboxylic acids is 1. The van der Waals surface area contributed by atoms with E-state index in [9.17, 15) is 14.0 Å². The van der Waals surface area contributed by atoms with Crippen LogP contribution in [0.4, 0.5) is 4.39 Å². The van der Waals surface area contributed by atoms with E-state index in [0.717, 1.165) is 22.6 Å². The van der Waals surface area contributed by atoms with E-state index in [0.29, 0.717) is 6.54 Å². The Balaban J connectivity index is 2.00. The molecule has 2 aromatic rings. The van der Waals surface area contributed by atoms with Gasteiger partial charge in [-0.15, -0.1) is 0 Å². The number of aromatic nitrogens is 1. The third-order valence-corrected chi connectivity index (χ3v) is 4.73. The fourth-order valence-electron chi connectivity index (χ4n) is 2.24. The van der Waals surface area contributed by atoms with Crippen LogP contribution in [0, 0.1) is 12.7 Å². The molecular formula is C16H19FN2O2S. The summed E-state index contributed by atoms with van der Waals surface area (Å²) in [6.07, 6.45) is 0.263. The van der Waals surface area contributed by atoms with E-state index in [1.165, 1.54) is 12.1 Å². The molecule has 0 spiro atoms. The Labute approximate surface area is 132 Å². The van der Waals surface area contributed by atoms with E-state index in [4.69, 9.17) is 0 Å². The molecule has 0 aliphatic rings. The standard InChI is InChI=1S/C16H19FN2O2S/c1-11-10-22-16(21)19(11)9-8-15(20)18(3)12(2)13-4-6-14(17)7-5-13/h4-7,10,12H,8-9H2,1-3H3. The van der Waals surface area contributed by atoms with E-state index >= 15 is 0 Å². The zero-order chi connectivity index (χ0) is 16.3. The third kappa shape index (κ3) is 3.62. The number of thiazole rings is 1. The molecule has 0 fully saturated rings. The summed E-state index contributed by atoms with van der Waals surface area (Å²) in [4.78, 5) is 25.5. The monoisotopic (exact) mass is 322 g/mol. The number of hydrogen-bond donors (Lipinski definition) is 0. The van der Waals surface area contributed by atoms with Crippen molar-refractivity contribution in [1.29, 1.82) is 0 Å². The second-order valence-corrected chi connectivity index (χ2v) is 6.10. The zero-order valence-electron chi connectivity index (χ0n) is 12.9. The first-order chi connectivity index (χ1) is 10.4. The predicted molar refractivity (Wildman–Crippen MR) is 85.5 cm³/mol. The van der Waals surface area contributed by atoms with E-state index < -0.39 is 0 Å². The minimum atomic E-state index is -0.294. The van der Waals surface area contributed by atoms with Crippen LogP contribution in [0.5, 0.6) is 0 Å². The molecule has 1 aromatic carbocycles. The maximum Gasteiger partial charge on any atom is 0.307 e. The van der Waals surface area contributed by atoms with Gasteiger partial charge in [-0.05, 0) is 31.5 Å². The Morgan fingerprint density at radius 3 is 2.55 bits per heavy atom. The molecule has 6 heteroatoms. The Morgan fingerprint density at radius 2 is 2.00 bits per heavy atom. The third-order valence-electron chi connectivity index (χ3n) is 3.85. The van der Waals surface area contributed by atoms with Crippen molar-refractivity contribution < 1.29 is 9.18 Å². The number of halogens is 1. The maximum atomic E-state index is 13.0. The number of nitrogens with zero attached hydrogens (tertiary/aromatic N) is 2. The van der Waals surface area contributed by atoms with Crippen molar-refractivity contribution in [2.24, 2.45) is 0 Å². The van der Waals surface area contributed by atoms with Crippen LogP contribution in [-0.2, 0) is 11.3 Å². The summed E-state index contributed by atoms with van der Waals surface area (Å²) >= 11 is 1.14. The lowest BCUT2D eigenvalue weighted by atomic mass is 10.1. The van der Waals surface area contributed by atoms with Crippen molar-refractivity contribution >= 4 is 17.2 Å². The molecule has 1 unspecified atom stereocenters. The molecule has 22 heavy (non-hydrogen) atoms. The number of amides is 1. The summed E-state index contributed by atoms with van der Waals surface area (Å²) in [5, 5.41) is 1.79. The van der Waals surface area contributed by atoms with Gasteiger partial charge in [-0.1, -0.05) is 23.5 Å². The normalized spacial score (nSPS) is 12.2. The highest BCUT2D eigenvalue weighted by Crippen LogP contribution is 2.19. The molecule has 1 aromatic heterocycles. The summed E-state index contributed by atoms with van der Waals surface area (Å²) in [6, 6.07) is 5.99. The summed E-state index contributed by atoms with van der Waals surface area (Å²) in [6.45, 7) is 4.13. The summed E-state index contributed by atoms with van der Waals surface area (Å²) < 4.78 is 14.6. The molecule has 0 aliphatic heterocycles. The Hall–Kier alpha value is -1.95. The minimum absolute atomic E-state index is 0.0421. The van der Waals surface area contributed by atoms with Crippen molar-refractivity contribution in [1.82, 2.24) is 9.47 Å². The molecule has 0 saturated carbocycles. The topological polar surface area (TPSA) is 42.3 Å². The predicted octanol–water partition coefficient (Wildman–Crippen LogP) is 2.97. The van der Waals surface area contributed by atoms with E-state index in [1.54, 1.807) is 34.0 Å². The summed E-state index contributed by atoms with van der Waals surface area (Å²) in [5.74, 6) is -0.341. The lowest BCUT2D eigenvalue weighted by Crippen LogP contribution is -2.31. The van der Waals surface area contributed by atoms with Gasteiger partial charge in [-0.25, -0.2) is 4.39 Å². The smallest absolute Gasteiger partial charge is 0.307 e. The van der Waals surface area contributed by atoms with Crippen molar-refractivity contribution in [3.05, 3.63) is 56.4 Å². The molecule has 1 atom stereocenters. The van der Waals surface area contributed by atoms with Crippen LogP contribution < -0.4 is 4.87 Å². The summed E-state index contributed by atoms with van der Waals surface area (Å²) in [7, 11) is 1.72. The first kappa shape index (κ1) is 16.4. The van der Waals surface area contributed by atoms with Crippen LogP contribution in [-0.4, -0.2) is 22.4 Å². The van der Waals surface area contributed by atoms with Crippen LogP contribution in [0.1, 0.15) is 30.6 Å². The molecule has 0 aliphatic carbocycles. The van der Waals surface area contributed by atoms with Gasteiger partial charge in [0.05, 0.1) is 6.04 Å². The van der Waals surface area contributed by atoms with Crippen molar-refractivity contribution in [3.63, 3.8) is 0 Å². The Morgan fingerprint density at radius 1 is 1.36 bits per heavy atom. The maximum absolute atomic E-state index is 13.0. The molecule has 0 radical (unpaired) electrons. The highest BCUT2D eigenvalue weighted by molar-refractivity contribution is 7.07. The van der Waals surface area contributed by atoms with Crippen LogP contribution in [0.15, 0.2) is 34.4 Å². The van der Waals surface area contributed by atoms with Crippen molar-refractivity contribution in [2.45, 2.75) is 32.9 Å². The SMILES string of the molecule is Cc1csc(=O)n1CCC(=O)N(C)C(C)c1ccc(F)cc1. The fourth-order valence-corrected chi connectivity index (χ4v) is 3.00. The van der Waals surface area contributed by atoms with Gasteiger partial charge < -0.3 is 9.47 Å². The van der Waals surface area contributed by atoms with Gasteiger partial charge in [-0.2, -0.15) is 0 Å². The van der Waals surface area contributed by atoms with Gasteiger partial charge in [0.15, 0.2) is 0 Å². The lowest BCUT2D eigenvalue weighted by Gasteiger charge is -2.25. The van der Waals surface area contributed by atoms with Gasteiger partial charge >= 0.3 is 4.87 Å². The van der Waals surface area contributed by atoms with Crippen LogP contribution in [0.2, 0.25) is 0 Å². The number of hydrogen-bond acceptors (Lipinski definition) is 3. The largest absolute Gasteiger partial charge is 0.339 e. The molecule has 1 amide bonds. The lowest BCUT2D eigenvalue weighted by molar-refractivity contribution is -0.132. The first-order valence-electron chi connectivity index (χ1n) is 7.06. The average molecular weight is 322 g/mol. The average Bonchev–Trinajstić information content (AvgIpc) is 2.83. The molecule has 0 saturated heterocycles. The molecular weight excluding hydrogens is 303 g/mol. The quantitative estimate of drug-likeness (QED) is 0.849. The molecule has 0 bridgehead atoms. The molecule has 118 valence electrons. The highest BCUT2D eigenvalue weighted by Gasteiger charge is 2.17. The van der Waals surface area contributed by atoms with Gasteiger partial charge in [0.1, 0.15) is 5.82 Å². The zero-order valence-corrected chi connectivity index (χ0v) is 13.7. The van der Waals surface area contributed by atoms with E-state index in [2.05, 4.69) is 0 Å². The molecule has 4 nitrogen and oxygen atoms in total.